The van der Waals surface area contributed by atoms with Crippen LogP contribution in [0.3, 0.4) is 0 Å². The highest BCUT2D eigenvalue weighted by Crippen LogP contribution is 2.34. The number of amidine groups is 1. The number of benzene rings is 3. The molecule has 3 aromatic rings. The average Bonchev–Trinajstić information content (AvgIpc) is 3.33. The number of phenols is 1. The molecule has 7 nitrogen and oxygen atoms in total. The standard InChI is InChI=1S/C23H16F3N5O2/c24-23(25,26)21-12-19(32)10-9-17(21)7-5-16-6-8-18(22-28-30-31-29-22)11-20(16)15-3-1-14(2-4-15)13-27-33/h1-4,6,8-12,30-32H,13H2,(H,28,29). The Morgan fingerprint density at radius 2 is 1.64 bits per heavy atom. The van der Waals surface area contributed by atoms with Crippen molar-refractivity contribution in [1.82, 2.24) is 16.5 Å². The number of halogens is 3. The van der Waals surface area contributed by atoms with E-state index in [2.05, 4.69) is 38.6 Å². The monoisotopic (exact) mass is 451 g/mol. The van der Waals surface area contributed by atoms with Gasteiger partial charge in [0.1, 0.15) is 12.3 Å². The lowest BCUT2D eigenvalue weighted by Gasteiger charge is -2.10. The Labute approximate surface area is 186 Å². The molecule has 166 valence electrons. The molecular formula is C23H16F3N5O2. The number of hydrogen-bond donors (Lipinski definition) is 4. The van der Waals surface area contributed by atoms with Gasteiger partial charge in [0.05, 0.1) is 5.56 Å². The van der Waals surface area contributed by atoms with Gasteiger partial charge in [-0.15, -0.1) is 10.6 Å². The summed E-state index contributed by atoms with van der Waals surface area (Å²) in [5.74, 6) is 5.44. The molecule has 0 saturated heterocycles. The molecule has 0 aliphatic carbocycles. The predicted octanol–water partition coefficient (Wildman–Crippen LogP) is 4.02. The minimum atomic E-state index is -4.66. The number of rotatable bonds is 4. The van der Waals surface area contributed by atoms with E-state index in [1.54, 1.807) is 42.5 Å². The van der Waals surface area contributed by atoms with Gasteiger partial charge >= 0.3 is 6.18 Å². The average molecular weight is 451 g/mol. The first kappa shape index (κ1) is 21.9. The zero-order valence-electron chi connectivity index (χ0n) is 16.9. The third-order valence-corrected chi connectivity index (χ3v) is 4.85. The van der Waals surface area contributed by atoms with E-state index >= 15 is 0 Å². The van der Waals surface area contributed by atoms with Crippen molar-refractivity contribution < 1.29 is 18.3 Å². The third kappa shape index (κ3) is 4.94. The Hall–Kier alpha value is -4.36. The number of nitrogens with one attached hydrogen (secondary N) is 3. The number of hydrazine groups is 2. The molecule has 1 heterocycles. The predicted molar refractivity (Wildman–Crippen MR) is 116 cm³/mol. The number of phenolic OH excluding ortho intramolecular Hbond substituents is 1. The van der Waals surface area contributed by atoms with Gasteiger partial charge in [0.25, 0.3) is 0 Å². The summed E-state index contributed by atoms with van der Waals surface area (Å²) in [5.41, 5.74) is 10.1. The van der Waals surface area contributed by atoms with Crippen LogP contribution < -0.4 is 16.5 Å². The maximum absolute atomic E-state index is 13.4. The van der Waals surface area contributed by atoms with Gasteiger partial charge in [0.15, 0.2) is 5.84 Å². The summed E-state index contributed by atoms with van der Waals surface area (Å²) in [6.07, 6.45) is -4.66. The Balaban J connectivity index is 1.80. The summed E-state index contributed by atoms with van der Waals surface area (Å²) in [7, 11) is 0. The van der Waals surface area contributed by atoms with E-state index in [4.69, 9.17) is 0 Å². The van der Waals surface area contributed by atoms with E-state index in [1.807, 2.05) is 0 Å². The fourth-order valence-electron chi connectivity index (χ4n) is 3.25. The van der Waals surface area contributed by atoms with Crippen LogP contribution in [0.1, 0.15) is 27.8 Å². The van der Waals surface area contributed by atoms with Crippen molar-refractivity contribution in [3.8, 4) is 28.7 Å². The van der Waals surface area contributed by atoms with Gasteiger partial charge in [-0.3, -0.25) is 5.43 Å². The second-order valence-electron chi connectivity index (χ2n) is 7.04. The molecule has 1 aliphatic rings. The smallest absolute Gasteiger partial charge is 0.417 e. The molecule has 0 aromatic heterocycles. The summed E-state index contributed by atoms with van der Waals surface area (Å²) >= 11 is 0. The van der Waals surface area contributed by atoms with Crippen LogP contribution >= 0.6 is 0 Å². The third-order valence-electron chi connectivity index (χ3n) is 4.85. The molecule has 0 bridgehead atoms. The van der Waals surface area contributed by atoms with Crippen molar-refractivity contribution in [2.45, 2.75) is 12.7 Å². The van der Waals surface area contributed by atoms with Gasteiger partial charge in [-0.05, 0) is 53.1 Å². The van der Waals surface area contributed by atoms with Crippen molar-refractivity contribution in [3.63, 3.8) is 0 Å². The maximum Gasteiger partial charge on any atom is 0.417 e. The molecule has 0 spiro atoms. The van der Waals surface area contributed by atoms with Gasteiger partial charge in [-0.2, -0.15) is 18.1 Å². The fourth-order valence-corrected chi connectivity index (χ4v) is 3.25. The molecule has 0 fully saturated rings. The Kier molecular flexibility index (Phi) is 5.97. The number of hydrogen-bond acceptors (Lipinski definition) is 7. The van der Waals surface area contributed by atoms with Crippen LogP contribution in [0.2, 0.25) is 0 Å². The number of alkyl halides is 3. The van der Waals surface area contributed by atoms with Crippen LogP contribution in [-0.2, 0) is 12.7 Å². The molecule has 1 aliphatic heterocycles. The van der Waals surface area contributed by atoms with E-state index in [-0.39, 0.29) is 12.1 Å². The molecule has 0 radical (unpaired) electrons. The van der Waals surface area contributed by atoms with Crippen molar-refractivity contribution in [1.29, 1.82) is 0 Å². The molecule has 4 rings (SSSR count). The van der Waals surface area contributed by atoms with E-state index in [9.17, 15) is 23.2 Å². The van der Waals surface area contributed by atoms with Gasteiger partial charge in [-0.25, -0.2) is 5.53 Å². The molecule has 10 heteroatoms. The Morgan fingerprint density at radius 3 is 2.30 bits per heavy atom. The van der Waals surface area contributed by atoms with Gasteiger partial charge in [0, 0.05) is 16.7 Å². The summed E-state index contributed by atoms with van der Waals surface area (Å²) in [4.78, 5) is 10.5. The number of aromatic hydroxyl groups is 1. The SMILES string of the molecule is O=NCc1ccc(-c2cc(C3=NNNN3)ccc2C#Cc2ccc(O)cc2C(F)(F)F)cc1. The first-order valence-electron chi connectivity index (χ1n) is 9.64. The van der Waals surface area contributed by atoms with Crippen molar-refractivity contribution in [2.75, 3.05) is 0 Å². The first-order valence-corrected chi connectivity index (χ1v) is 9.64. The van der Waals surface area contributed by atoms with Gasteiger partial charge < -0.3 is 5.11 Å². The lowest BCUT2D eigenvalue weighted by Crippen LogP contribution is -2.35. The van der Waals surface area contributed by atoms with Crippen molar-refractivity contribution >= 4 is 5.84 Å². The zero-order valence-corrected chi connectivity index (χ0v) is 16.9. The van der Waals surface area contributed by atoms with E-state index in [0.29, 0.717) is 28.6 Å². The van der Waals surface area contributed by atoms with Crippen molar-refractivity contribution in [2.24, 2.45) is 10.3 Å². The first-order chi connectivity index (χ1) is 15.8. The molecule has 0 amide bonds. The number of hydrazone groups is 1. The van der Waals surface area contributed by atoms with Crippen LogP contribution in [0.4, 0.5) is 13.2 Å². The Bertz CT molecular complexity index is 1290. The largest absolute Gasteiger partial charge is 0.508 e. The molecule has 4 N–H and O–H groups in total. The van der Waals surface area contributed by atoms with Crippen LogP contribution in [0.15, 0.2) is 70.9 Å². The minimum absolute atomic E-state index is 0.0338. The van der Waals surface area contributed by atoms with E-state index in [0.717, 1.165) is 23.3 Å². The summed E-state index contributed by atoms with van der Waals surface area (Å²) in [6, 6.07) is 15.2. The van der Waals surface area contributed by atoms with Crippen LogP contribution in [0.5, 0.6) is 5.75 Å². The van der Waals surface area contributed by atoms with Gasteiger partial charge in [-0.1, -0.05) is 41.3 Å². The topological polar surface area (TPSA) is 98.1 Å². The van der Waals surface area contributed by atoms with Gasteiger partial charge in [0.2, 0.25) is 0 Å². The molecule has 0 atom stereocenters. The van der Waals surface area contributed by atoms with Crippen LogP contribution in [0, 0.1) is 16.7 Å². The normalized spacial score (nSPS) is 12.8. The molecular weight excluding hydrogens is 435 g/mol. The zero-order chi connectivity index (χ0) is 23.4. The summed E-state index contributed by atoms with van der Waals surface area (Å²) in [6.45, 7) is 0.0338. The molecule has 0 saturated carbocycles. The highest BCUT2D eigenvalue weighted by Gasteiger charge is 2.33. The lowest BCUT2D eigenvalue weighted by atomic mass is 9.95. The highest BCUT2D eigenvalue weighted by atomic mass is 19.4. The molecule has 3 aromatic carbocycles. The van der Waals surface area contributed by atoms with Crippen LogP contribution in [0.25, 0.3) is 11.1 Å². The van der Waals surface area contributed by atoms with E-state index in [1.165, 1.54) is 0 Å². The summed E-state index contributed by atoms with van der Waals surface area (Å²) < 4.78 is 40.2. The second kappa shape index (κ2) is 9.02. The molecule has 33 heavy (non-hydrogen) atoms. The quantitative estimate of drug-likeness (QED) is 0.355. The Morgan fingerprint density at radius 1 is 0.939 bits per heavy atom. The lowest BCUT2D eigenvalue weighted by molar-refractivity contribution is -0.137. The molecule has 0 unspecified atom stereocenters. The minimum Gasteiger partial charge on any atom is -0.508 e. The highest BCUT2D eigenvalue weighted by molar-refractivity contribution is 6.00. The fraction of sp³-hybridized carbons (Fsp3) is 0.0870. The van der Waals surface area contributed by atoms with E-state index < -0.39 is 17.5 Å². The van der Waals surface area contributed by atoms with Crippen molar-refractivity contribution in [3.05, 3.63) is 93.4 Å². The number of nitrogens with zero attached hydrogens (tertiary/aromatic N) is 2. The maximum atomic E-state index is 13.4. The second-order valence-corrected chi connectivity index (χ2v) is 7.04. The summed E-state index contributed by atoms with van der Waals surface area (Å²) in [5, 5.41) is 16.4. The number of nitroso groups, excluding NO2 is 1. The van der Waals surface area contributed by atoms with Crippen LogP contribution in [-0.4, -0.2) is 10.9 Å².